The van der Waals surface area contributed by atoms with Gasteiger partial charge in [-0.2, -0.15) is 0 Å². The normalized spacial score (nSPS) is 23.6. The largest absolute Gasteiger partial charge is 0.354 e. The van der Waals surface area contributed by atoms with E-state index in [0.717, 1.165) is 25.0 Å². The molecule has 1 aliphatic heterocycles. The second-order valence-electron chi connectivity index (χ2n) is 4.36. The number of halogens is 1. The highest BCUT2D eigenvalue weighted by Crippen LogP contribution is 2.41. The molecular formula is C10H12BrN5O. The molecule has 2 aliphatic rings. The average molecular weight is 298 g/mol. The van der Waals surface area contributed by atoms with E-state index in [2.05, 4.69) is 41.7 Å². The monoisotopic (exact) mass is 297 g/mol. The number of anilines is 1. The predicted molar refractivity (Wildman–Crippen MR) is 64.5 cm³/mol. The minimum Gasteiger partial charge on any atom is -0.354 e. The molecule has 17 heavy (non-hydrogen) atoms. The highest BCUT2D eigenvalue weighted by atomic mass is 79.9. The summed E-state index contributed by atoms with van der Waals surface area (Å²) in [4.78, 5) is 15.8. The SMILES string of the molecule is O=C1NCC[C@@H]1Nc1nnc(Br)c(C2CC2)n1. The number of rotatable bonds is 3. The minimum atomic E-state index is -0.231. The van der Waals surface area contributed by atoms with Crippen LogP contribution in [-0.2, 0) is 4.79 Å². The fourth-order valence-electron chi connectivity index (χ4n) is 1.89. The van der Waals surface area contributed by atoms with E-state index in [-0.39, 0.29) is 11.9 Å². The number of nitrogens with one attached hydrogen (secondary N) is 2. The molecule has 2 fully saturated rings. The third-order valence-electron chi connectivity index (χ3n) is 2.99. The van der Waals surface area contributed by atoms with E-state index in [9.17, 15) is 4.79 Å². The maximum atomic E-state index is 11.4. The zero-order valence-electron chi connectivity index (χ0n) is 9.11. The van der Waals surface area contributed by atoms with Crippen LogP contribution in [0.15, 0.2) is 4.60 Å². The van der Waals surface area contributed by atoms with E-state index < -0.39 is 0 Å². The Hall–Kier alpha value is -1.24. The quantitative estimate of drug-likeness (QED) is 0.863. The molecule has 6 nitrogen and oxygen atoms in total. The minimum absolute atomic E-state index is 0.00416. The molecule has 3 rings (SSSR count). The number of carbonyl (C=O) groups excluding carboxylic acids is 1. The van der Waals surface area contributed by atoms with Gasteiger partial charge in [0, 0.05) is 12.5 Å². The fraction of sp³-hybridized carbons (Fsp3) is 0.600. The Morgan fingerprint density at radius 3 is 2.76 bits per heavy atom. The molecule has 2 heterocycles. The molecular weight excluding hydrogens is 286 g/mol. The maximum absolute atomic E-state index is 11.4. The Morgan fingerprint density at radius 1 is 1.29 bits per heavy atom. The standard InChI is InChI=1S/C10H12BrN5O/c11-8-7(5-1-2-5)14-10(16-15-8)13-6-3-4-12-9(6)17/h5-6H,1-4H2,(H,12,17)(H,13,14,16)/t6-/m0/s1. The van der Waals surface area contributed by atoms with Crippen molar-refractivity contribution in [2.75, 3.05) is 11.9 Å². The molecule has 7 heteroatoms. The Kier molecular flexibility index (Phi) is 2.70. The van der Waals surface area contributed by atoms with Gasteiger partial charge in [0.25, 0.3) is 0 Å². The van der Waals surface area contributed by atoms with Gasteiger partial charge in [0.15, 0.2) is 4.60 Å². The van der Waals surface area contributed by atoms with Gasteiger partial charge in [0.05, 0.1) is 5.69 Å². The molecule has 1 saturated heterocycles. The van der Waals surface area contributed by atoms with Crippen molar-refractivity contribution in [2.45, 2.75) is 31.2 Å². The van der Waals surface area contributed by atoms with Crippen LogP contribution >= 0.6 is 15.9 Å². The van der Waals surface area contributed by atoms with Crippen LogP contribution in [0.2, 0.25) is 0 Å². The van der Waals surface area contributed by atoms with Crippen LogP contribution < -0.4 is 10.6 Å². The summed E-state index contributed by atoms with van der Waals surface area (Å²) in [5.41, 5.74) is 0.945. The molecule has 1 aromatic heterocycles. The van der Waals surface area contributed by atoms with Crippen LogP contribution in [0.4, 0.5) is 5.95 Å². The zero-order chi connectivity index (χ0) is 11.8. The molecule has 1 atom stereocenters. The topological polar surface area (TPSA) is 79.8 Å². The summed E-state index contributed by atoms with van der Waals surface area (Å²) in [6.07, 6.45) is 3.07. The molecule has 1 saturated carbocycles. The first kappa shape index (κ1) is 10.9. The summed E-state index contributed by atoms with van der Waals surface area (Å²) in [5.74, 6) is 0.944. The van der Waals surface area contributed by atoms with Gasteiger partial charge >= 0.3 is 0 Å². The summed E-state index contributed by atoms with van der Waals surface area (Å²) in [7, 11) is 0. The third kappa shape index (κ3) is 2.24. The maximum Gasteiger partial charge on any atom is 0.243 e. The summed E-state index contributed by atoms with van der Waals surface area (Å²) in [6.45, 7) is 0.704. The number of amides is 1. The number of nitrogens with zero attached hydrogens (tertiary/aromatic N) is 3. The van der Waals surface area contributed by atoms with E-state index in [0.29, 0.717) is 23.0 Å². The van der Waals surface area contributed by atoms with E-state index >= 15 is 0 Å². The first-order valence-electron chi connectivity index (χ1n) is 5.68. The van der Waals surface area contributed by atoms with Crippen molar-refractivity contribution in [2.24, 2.45) is 0 Å². The van der Waals surface area contributed by atoms with Gasteiger partial charge in [-0.25, -0.2) is 4.98 Å². The summed E-state index contributed by atoms with van der Waals surface area (Å²) >= 11 is 3.35. The van der Waals surface area contributed by atoms with E-state index in [1.165, 1.54) is 0 Å². The Labute approximate surface area is 107 Å². The van der Waals surface area contributed by atoms with E-state index in [1.807, 2.05) is 0 Å². The predicted octanol–water partition coefficient (Wildman–Crippen LogP) is 0.812. The molecule has 2 N–H and O–H groups in total. The van der Waals surface area contributed by atoms with Crippen molar-refractivity contribution in [1.29, 1.82) is 0 Å². The third-order valence-corrected chi connectivity index (χ3v) is 3.55. The second kappa shape index (κ2) is 4.21. The molecule has 90 valence electrons. The molecule has 0 aromatic carbocycles. The Balaban J connectivity index is 1.78. The smallest absolute Gasteiger partial charge is 0.243 e. The molecule has 0 spiro atoms. The van der Waals surface area contributed by atoms with E-state index in [4.69, 9.17) is 0 Å². The summed E-state index contributed by atoms with van der Waals surface area (Å²) in [6, 6.07) is -0.231. The van der Waals surface area contributed by atoms with Gasteiger partial charge in [-0.3, -0.25) is 4.79 Å². The van der Waals surface area contributed by atoms with Crippen LogP contribution in [0.5, 0.6) is 0 Å². The highest BCUT2D eigenvalue weighted by molar-refractivity contribution is 9.10. The molecule has 0 unspecified atom stereocenters. The van der Waals surface area contributed by atoms with Crippen LogP contribution in [0.1, 0.15) is 30.9 Å². The highest BCUT2D eigenvalue weighted by Gasteiger charge is 2.30. The first-order chi connectivity index (χ1) is 8.24. The fourth-order valence-corrected chi connectivity index (χ4v) is 2.38. The Bertz CT molecular complexity index is 462. The van der Waals surface area contributed by atoms with Crippen LogP contribution in [0.25, 0.3) is 0 Å². The number of hydrogen-bond acceptors (Lipinski definition) is 5. The average Bonchev–Trinajstić information content (AvgIpc) is 3.08. The van der Waals surface area contributed by atoms with Gasteiger partial charge in [-0.05, 0) is 35.2 Å². The van der Waals surface area contributed by atoms with Crippen molar-refractivity contribution >= 4 is 27.8 Å². The lowest BCUT2D eigenvalue weighted by Crippen LogP contribution is -2.30. The van der Waals surface area contributed by atoms with Gasteiger partial charge < -0.3 is 10.6 Å². The van der Waals surface area contributed by atoms with Crippen molar-refractivity contribution in [3.63, 3.8) is 0 Å². The van der Waals surface area contributed by atoms with Crippen molar-refractivity contribution < 1.29 is 4.79 Å². The molecule has 1 amide bonds. The number of hydrogen-bond donors (Lipinski definition) is 2. The molecule has 1 aromatic rings. The van der Waals surface area contributed by atoms with Gasteiger partial charge in [0.1, 0.15) is 6.04 Å². The van der Waals surface area contributed by atoms with Crippen molar-refractivity contribution in [3.05, 3.63) is 10.3 Å². The van der Waals surface area contributed by atoms with Crippen LogP contribution in [-0.4, -0.2) is 33.7 Å². The second-order valence-corrected chi connectivity index (χ2v) is 5.11. The van der Waals surface area contributed by atoms with E-state index in [1.54, 1.807) is 0 Å². The number of aromatic nitrogens is 3. The lowest BCUT2D eigenvalue weighted by Gasteiger charge is -2.10. The van der Waals surface area contributed by atoms with Gasteiger partial charge in [0.2, 0.25) is 11.9 Å². The zero-order valence-corrected chi connectivity index (χ0v) is 10.7. The van der Waals surface area contributed by atoms with Crippen molar-refractivity contribution in [3.8, 4) is 0 Å². The van der Waals surface area contributed by atoms with Gasteiger partial charge in [-0.1, -0.05) is 0 Å². The van der Waals surface area contributed by atoms with Gasteiger partial charge in [-0.15, -0.1) is 10.2 Å². The van der Waals surface area contributed by atoms with Crippen LogP contribution in [0.3, 0.4) is 0 Å². The van der Waals surface area contributed by atoms with Crippen LogP contribution in [0, 0.1) is 0 Å². The molecule has 0 bridgehead atoms. The summed E-state index contributed by atoms with van der Waals surface area (Å²) in [5, 5.41) is 13.8. The Morgan fingerprint density at radius 2 is 2.12 bits per heavy atom. The first-order valence-corrected chi connectivity index (χ1v) is 6.47. The summed E-state index contributed by atoms with van der Waals surface area (Å²) < 4.78 is 0.710. The lowest BCUT2D eigenvalue weighted by atomic mass is 10.2. The van der Waals surface area contributed by atoms with Crippen molar-refractivity contribution in [1.82, 2.24) is 20.5 Å². The number of carbonyl (C=O) groups is 1. The lowest BCUT2D eigenvalue weighted by molar-refractivity contribution is -0.119. The molecule has 0 radical (unpaired) electrons. The molecule has 1 aliphatic carbocycles.